The Kier molecular flexibility index (Phi) is 3.90. The van der Waals surface area contributed by atoms with Crippen LogP contribution in [0.3, 0.4) is 0 Å². The molecule has 2 aliphatic rings. The summed E-state index contributed by atoms with van der Waals surface area (Å²) < 4.78 is 5.95. The van der Waals surface area contributed by atoms with Gasteiger partial charge in [-0.05, 0) is 30.4 Å². The highest BCUT2D eigenvalue weighted by Gasteiger charge is 2.33. The van der Waals surface area contributed by atoms with Crippen molar-refractivity contribution in [3.63, 3.8) is 0 Å². The number of hydrogen-bond donors (Lipinski definition) is 1. The number of hydrogen-bond acceptors (Lipinski definition) is 2. The summed E-state index contributed by atoms with van der Waals surface area (Å²) in [6.45, 7) is 0.789. The molecule has 1 aromatic carbocycles. The second-order valence-corrected chi connectivity index (χ2v) is 6.15. The summed E-state index contributed by atoms with van der Waals surface area (Å²) in [5.41, 5.74) is 2.19. The van der Waals surface area contributed by atoms with Crippen LogP contribution in [0.2, 0.25) is 0 Å². The Hall–Kier alpha value is -0.860. The highest BCUT2D eigenvalue weighted by atomic mass is 16.5. The number of aliphatic hydroxyl groups is 1. The Balaban J connectivity index is 1.76. The van der Waals surface area contributed by atoms with Gasteiger partial charge in [0.1, 0.15) is 0 Å². The van der Waals surface area contributed by atoms with Crippen LogP contribution in [-0.4, -0.2) is 17.3 Å². The van der Waals surface area contributed by atoms with Crippen LogP contribution in [0.1, 0.15) is 62.2 Å². The smallest absolute Gasteiger partial charge is 0.0855 e. The molecule has 0 bridgehead atoms. The summed E-state index contributed by atoms with van der Waals surface area (Å²) >= 11 is 0. The topological polar surface area (TPSA) is 29.5 Å². The van der Waals surface area contributed by atoms with E-state index in [2.05, 4.69) is 24.3 Å². The molecule has 1 aromatic rings. The Labute approximate surface area is 115 Å². The summed E-state index contributed by atoms with van der Waals surface area (Å²) in [4.78, 5) is 0. The van der Waals surface area contributed by atoms with Crippen molar-refractivity contribution in [3.05, 3.63) is 35.4 Å². The summed E-state index contributed by atoms with van der Waals surface area (Å²) in [5, 5.41) is 10.8. The molecular formula is C17H24O2. The van der Waals surface area contributed by atoms with Gasteiger partial charge in [0.15, 0.2) is 0 Å². The Morgan fingerprint density at radius 3 is 2.63 bits per heavy atom. The van der Waals surface area contributed by atoms with Crippen molar-refractivity contribution in [1.82, 2.24) is 0 Å². The third kappa shape index (κ3) is 3.01. The molecule has 1 unspecified atom stereocenters. The van der Waals surface area contributed by atoms with Crippen LogP contribution < -0.4 is 0 Å². The van der Waals surface area contributed by atoms with Gasteiger partial charge in [-0.15, -0.1) is 0 Å². The van der Waals surface area contributed by atoms with Crippen LogP contribution in [0, 0.1) is 0 Å². The van der Waals surface area contributed by atoms with Crippen LogP contribution in [0.5, 0.6) is 0 Å². The molecule has 1 aliphatic carbocycles. The zero-order valence-electron chi connectivity index (χ0n) is 11.6. The zero-order chi connectivity index (χ0) is 13.1. The fourth-order valence-corrected chi connectivity index (χ4v) is 3.58. The lowest BCUT2D eigenvalue weighted by molar-refractivity contribution is -0.0536. The summed E-state index contributed by atoms with van der Waals surface area (Å²) in [5.74, 6) is 0. The predicted molar refractivity (Wildman–Crippen MR) is 76.1 cm³/mol. The highest BCUT2D eigenvalue weighted by molar-refractivity contribution is 5.31. The van der Waals surface area contributed by atoms with Crippen molar-refractivity contribution < 1.29 is 9.84 Å². The average molecular weight is 260 g/mol. The van der Waals surface area contributed by atoms with Crippen molar-refractivity contribution >= 4 is 0 Å². The Bertz CT molecular complexity index is 419. The molecular weight excluding hydrogens is 236 g/mol. The van der Waals surface area contributed by atoms with Gasteiger partial charge in [-0.2, -0.15) is 0 Å². The third-order valence-corrected chi connectivity index (χ3v) is 4.69. The lowest BCUT2D eigenvalue weighted by Crippen LogP contribution is -2.32. The fraction of sp³-hybridized carbons (Fsp3) is 0.647. The zero-order valence-corrected chi connectivity index (χ0v) is 11.6. The van der Waals surface area contributed by atoms with Crippen LogP contribution in [0.25, 0.3) is 0 Å². The average Bonchev–Trinajstić information content (AvgIpc) is 2.64. The van der Waals surface area contributed by atoms with E-state index < -0.39 is 5.60 Å². The minimum absolute atomic E-state index is 0.0908. The highest BCUT2D eigenvalue weighted by Crippen LogP contribution is 2.38. The molecule has 1 atom stereocenters. The number of fused-ring (bicyclic) bond motifs is 1. The molecule has 1 aliphatic heterocycles. The van der Waals surface area contributed by atoms with Crippen LogP contribution in [0.15, 0.2) is 24.3 Å². The van der Waals surface area contributed by atoms with E-state index in [4.69, 9.17) is 4.74 Å². The predicted octanol–water partition coefficient (Wildman–Crippen LogP) is 3.78. The molecule has 104 valence electrons. The minimum atomic E-state index is -0.508. The molecule has 3 rings (SSSR count). The molecule has 0 saturated heterocycles. The molecule has 1 fully saturated rings. The first-order valence-corrected chi connectivity index (χ1v) is 7.69. The Morgan fingerprint density at radius 2 is 1.84 bits per heavy atom. The van der Waals surface area contributed by atoms with E-state index in [1.54, 1.807) is 0 Å². The third-order valence-electron chi connectivity index (χ3n) is 4.69. The summed E-state index contributed by atoms with van der Waals surface area (Å²) in [6.07, 6.45) is 8.59. The van der Waals surface area contributed by atoms with E-state index in [0.717, 1.165) is 45.1 Å². The van der Waals surface area contributed by atoms with Gasteiger partial charge in [-0.25, -0.2) is 0 Å². The van der Waals surface area contributed by atoms with Crippen LogP contribution in [0.4, 0.5) is 0 Å². The lowest BCUT2D eigenvalue weighted by atomic mass is 9.84. The first-order chi connectivity index (χ1) is 9.27. The van der Waals surface area contributed by atoms with E-state index in [-0.39, 0.29) is 6.10 Å². The van der Waals surface area contributed by atoms with E-state index in [1.165, 1.54) is 24.0 Å². The normalized spacial score (nSPS) is 26.5. The standard InChI is InChI=1S/C17H24O2/c18-17(10-5-1-2-6-11-17)13-16-15-8-4-3-7-14(15)9-12-19-16/h3-4,7-8,16,18H,1-2,5-6,9-13H2. The molecule has 0 amide bonds. The lowest BCUT2D eigenvalue weighted by Gasteiger charge is -2.34. The van der Waals surface area contributed by atoms with Gasteiger partial charge in [0.05, 0.1) is 18.3 Å². The van der Waals surface area contributed by atoms with Gasteiger partial charge in [-0.1, -0.05) is 49.9 Å². The number of ether oxygens (including phenoxy) is 1. The number of rotatable bonds is 2. The van der Waals surface area contributed by atoms with Crippen LogP contribution in [-0.2, 0) is 11.2 Å². The van der Waals surface area contributed by atoms with E-state index in [9.17, 15) is 5.11 Å². The molecule has 0 aromatic heterocycles. The monoisotopic (exact) mass is 260 g/mol. The van der Waals surface area contributed by atoms with E-state index >= 15 is 0 Å². The molecule has 1 N–H and O–H groups in total. The van der Waals surface area contributed by atoms with Gasteiger partial charge >= 0.3 is 0 Å². The van der Waals surface area contributed by atoms with Gasteiger partial charge in [0.25, 0.3) is 0 Å². The summed E-state index contributed by atoms with van der Waals surface area (Å²) in [7, 11) is 0. The first-order valence-electron chi connectivity index (χ1n) is 7.69. The maximum absolute atomic E-state index is 10.8. The quantitative estimate of drug-likeness (QED) is 0.820. The van der Waals surface area contributed by atoms with Crippen molar-refractivity contribution in [2.24, 2.45) is 0 Å². The molecule has 0 spiro atoms. The Morgan fingerprint density at radius 1 is 1.11 bits per heavy atom. The first kappa shape index (κ1) is 13.1. The minimum Gasteiger partial charge on any atom is -0.390 e. The largest absolute Gasteiger partial charge is 0.390 e. The van der Waals surface area contributed by atoms with Crippen molar-refractivity contribution in [2.75, 3.05) is 6.61 Å². The van der Waals surface area contributed by atoms with Gasteiger partial charge in [0.2, 0.25) is 0 Å². The fourth-order valence-electron chi connectivity index (χ4n) is 3.58. The molecule has 1 heterocycles. The molecule has 0 radical (unpaired) electrons. The summed E-state index contributed by atoms with van der Waals surface area (Å²) in [6, 6.07) is 8.54. The van der Waals surface area contributed by atoms with Crippen molar-refractivity contribution in [2.45, 2.75) is 63.1 Å². The van der Waals surface area contributed by atoms with E-state index in [0.29, 0.717) is 0 Å². The maximum atomic E-state index is 10.8. The van der Waals surface area contributed by atoms with Crippen molar-refractivity contribution in [1.29, 1.82) is 0 Å². The van der Waals surface area contributed by atoms with Crippen molar-refractivity contribution in [3.8, 4) is 0 Å². The van der Waals surface area contributed by atoms with Gasteiger partial charge in [-0.3, -0.25) is 0 Å². The van der Waals surface area contributed by atoms with Gasteiger partial charge < -0.3 is 9.84 Å². The molecule has 2 nitrogen and oxygen atoms in total. The van der Waals surface area contributed by atoms with Gasteiger partial charge in [0, 0.05) is 6.42 Å². The SMILES string of the molecule is OC1(CC2OCCc3ccccc32)CCCCCC1. The maximum Gasteiger partial charge on any atom is 0.0855 e. The second-order valence-electron chi connectivity index (χ2n) is 6.15. The van der Waals surface area contributed by atoms with Crippen LogP contribution >= 0.6 is 0 Å². The molecule has 1 saturated carbocycles. The van der Waals surface area contributed by atoms with E-state index in [1.807, 2.05) is 0 Å². The molecule has 2 heteroatoms. The number of benzene rings is 1. The second kappa shape index (κ2) is 5.64. The molecule has 19 heavy (non-hydrogen) atoms.